The van der Waals surface area contributed by atoms with Crippen LogP contribution < -0.4 is 10.1 Å². The number of amides is 1. The van der Waals surface area contributed by atoms with Gasteiger partial charge in [0.1, 0.15) is 23.7 Å². The van der Waals surface area contributed by atoms with Crippen LogP contribution in [-0.2, 0) is 10.3 Å². The van der Waals surface area contributed by atoms with E-state index < -0.39 is 41.6 Å². The number of pyridine rings is 1. The van der Waals surface area contributed by atoms with E-state index in [1.54, 1.807) is 20.8 Å². The predicted molar refractivity (Wildman–Crippen MR) is 94.4 cm³/mol. The minimum Gasteiger partial charge on any atom is -0.487 e. The van der Waals surface area contributed by atoms with Gasteiger partial charge >= 0.3 is 12.3 Å². The van der Waals surface area contributed by atoms with Crippen molar-refractivity contribution in [1.82, 2.24) is 10.3 Å². The molecule has 0 bridgehead atoms. The summed E-state index contributed by atoms with van der Waals surface area (Å²) in [5.41, 5.74) is -1.88. The van der Waals surface area contributed by atoms with Crippen molar-refractivity contribution in [3.8, 4) is 5.75 Å². The van der Waals surface area contributed by atoms with Crippen molar-refractivity contribution in [2.75, 3.05) is 13.2 Å². The van der Waals surface area contributed by atoms with Crippen molar-refractivity contribution < 1.29 is 32.5 Å². The number of halogens is 4. The van der Waals surface area contributed by atoms with E-state index in [0.29, 0.717) is 5.56 Å². The van der Waals surface area contributed by atoms with E-state index in [1.165, 1.54) is 6.07 Å². The molecule has 1 amide bonds. The van der Waals surface area contributed by atoms with E-state index in [1.807, 2.05) is 0 Å². The fourth-order valence-electron chi connectivity index (χ4n) is 3.40. The standard InChI is InChI=1S/C18H22ClF3N2O4/c1-16(2,3)28-15(26)24-17(9-4-5-9)8-27-13-10(17)6-12(23-14(13)19)11(7-25)18(20,21)22/h6,9,11,25H,4-5,7-8H2,1-3H3,(H,24,26)/t11?,17-/m0/s1. The van der Waals surface area contributed by atoms with Gasteiger partial charge in [0.2, 0.25) is 0 Å². The van der Waals surface area contributed by atoms with Crippen molar-refractivity contribution in [1.29, 1.82) is 0 Å². The van der Waals surface area contributed by atoms with E-state index in [2.05, 4.69) is 10.3 Å². The summed E-state index contributed by atoms with van der Waals surface area (Å²) < 4.78 is 50.8. The van der Waals surface area contributed by atoms with Crippen LogP contribution in [-0.4, -0.2) is 41.2 Å². The lowest BCUT2D eigenvalue weighted by Crippen LogP contribution is -2.50. The van der Waals surface area contributed by atoms with Crippen molar-refractivity contribution >= 4 is 17.7 Å². The van der Waals surface area contributed by atoms with Crippen LogP contribution in [0.2, 0.25) is 5.15 Å². The van der Waals surface area contributed by atoms with Gasteiger partial charge < -0.3 is 19.9 Å². The molecule has 0 aromatic carbocycles. The van der Waals surface area contributed by atoms with E-state index in [0.717, 1.165) is 12.8 Å². The third kappa shape index (κ3) is 4.00. The molecule has 2 aliphatic rings. The number of hydrogen-bond acceptors (Lipinski definition) is 5. The number of alkyl carbamates (subject to hydrolysis) is 1. The molecular weight excluding hydrogens is 401 g/mol. The zero-order chi connectivity index (χ0) is 20.9. The highest BCUT2D eigenvalue weighted by molar-refractivity contribution is 6.31. The van der Waals surface area contributed by atoms with Crippen molar-refractivity contribution in [3.05, 3.63) is 22.5 Å². The molecule has 1 aliphatic heterocycles. The molecule has 2 atom stereocenters. The molecule has 1 aromatic rings. The molecule has 1 saturated carbocycles. The maximum Gasteiger partial charge on any atom is 0.408 e. The number of rotatable bonds is 4. The first-order chi connectivity index (χ1) is 12.9. The Bertz CT molecular complexity index is 777. The average Bonchev–Trinajstić information content (AvgIpc) is 3.30. The van der Waals surface area contributed by atoms with Crippen LogP contribution >= 0.6 is 11.6 Å². The minimum atomic E-state index is -4.69. The maximum absolute atomic E-state index is 13.3. The van der Waals surface area contributed by atoms with Gasteiger partial charge in [0, 0.05) is 5.56 Å². The molecule has 1 aromatic heterocycles. The van der Waals surface area contributed by atoms with Gasteiger partial charge in [-0.15, -0.1) is 0 Å². The fourth-order valence-corrected chi connectivity index (χ4v) is 3.66. The zero-order valence-corrected chi connectivity index (χ0v) is 16.4. The van der Waals surface area contributed by atoms with E-state index >= 15 is 0 Å². The number of aliphatic hydroxyl groups is 1. The molecule has 6 nitrogen and oxygen atoms in total. The Morgan fingerprint density at radius 2 is 2.11 bits per heavy atom. The lowest BCUT2D eigenvalue weighted by atomic mass is 9.86. The SMILES string of the molecule is CC(C)(C)OC(=O)N[C@]1(C2CC2)COc2c1cc(C(CO)C(F)(F)F)nc2Cl. The number of nitrogens with one attached hydrogen (secondary N) is 1. The summed E-state index contributed by atoms with van der Waals surface area (Å²) in [4.78, 5) is 16.2. The molecule has 2 N–H and O–H groups in total. The maximum atomic E-state index is 13.3. The molecular formula is C18H22ClF3N2O4. The molecule has 2 heterocycles. The van der Waals surface area contributed by atoms with Gasteiger partial charge in [-0.3, -0.25) is 0 Å². The fraction of sp³-hybridized carbons (Fsp3) is 0.667. The number of nitrogens with zero attached hydrogens (tertiary/aromatic N) is 1. The molecule has 10 heteroatoms. The number of aromatic nitrogens is 1. The summed E-state index contributed by atoms with van der Waals surface area (Å²) in [5.74, 6) is -2.06. The molecule has 0 spiro atoms. The minimum absolute atomic E-state index is 0.0207. The third-order valence-corrected chi connectivity index (χ3v) is 5.07. The molecule has 1 aliphatic carbocycles. The summed E-state index contributed by atoms with van der Waals surface area (Å²) in [6.07, 6.45) is -3.84. The van der Waals surface area contributed by atoms with Crippen LogP contribution in [0.3, 0.4) is 0 Å². The van der Waals surface area contributed by atoms with Crippen LogP contribution in [0.1, 0.15) is 50.8 Å². The predicted octanol–water partition coefficient (Wildman–Crippen LogP) is 3.90. The highest BCUT2D eigenvalue weighted by Gasteiger charge is 2.55. The van der Waals surface area contributed by atoms with Crippen LogP contribution in [0.25, 0.3) is 0 Å². The Kier molecular flexibility index (Phi) is 5.21. The van der Waals surface area contributed by atoms with Gasteiger partial charge in [0.25, 0.3) is 0 Å². The second kappa shape index (κ2) is 6.95. The topological polar surface area (TPSA) is 80.7 Å². The number of fused-ring (bicyclic) bond motifs is 1. The van der Waals surface area contributed by atoms with Crippen molar-refractivity contribution in [2.24, 2.45) is 5.92 Å². The lowest BCUT2D eigenvalue weighted by molar-refractivity contribution is -0.159. The second-order valence-corrected chi connectivity index (χ2v) is 8.51. The zero-order valence-electron chi connectivity index (χ0n) is 15.7. The van der Waals surface area contributed by atoms with E-state index in [-0.39, 0.29) is 23.4 Å². The number of aliphatic hydroxyl groups excluding tert-OH is 1. The van der Waals surface area contributed by atoms with Crippen LogP contribution in [0.5, 0.6) is 5.75 Å². The van der Waals surface area contributed by atoms with Crippen LogP contribution in [0.4, 0.5) is 18.0 Å². The number of hydrogen-bond donors (Lipinski definition) is 2. The number of alkyl halides is 3. The van der Waals surface area contributed by atoms with Crippen LogP contribution in [0, 0.1) is 5.92 Å². The summed E-state index contributed by atoms with van der Waals surface area (Å²) in [6, 6.07) is 1.22. The quantitative estimate of drug-likeness (QED) is 0.719. The molecule has 0 radical (unpaired) electrons. The third-order valence-electron chi connectivity index (χ3n) is 4.81. The van der Waals surface area contributed by atoms with Crippen molar-refractivity contribution in [2.45, 2.75) is 56.8 Å². The van der Waals surface area contributed by atoms with E-state index in [4.69, 9.17) is 21.1 Å². The highest BCUT2D eigenvalue weighted by Crippen LogP contribution is 2.54. The molecule has 0 saturated heterocycles. The first kappa shape index (κ1) is 21.0. The van der Waals surface area contributed by atoms with Gasteiger partial charge in [0.05, 0.1) is 12.3 Å². The summed E-state index contributed by atoms with van der Waals surface area (Å²) >= 11 is 6.09. The number of ether oxygens (including phenoxy) is 2. The molecule has 156 valence electrons. The first-order valence-corrected chi connectivity index (χ1v) is 9.27. The molecule has 3 rings (SSSR count). The summed E-state index contributed by atoms with van der Waals surface area (Å²) in [5, 5.41) is 11.8. The average molecular weight is 423 g/mol. The smallest absolute Gasteiger partial charge is 0.408 e. The number of carbonyl (C=O) groups excluding carboxylic acids is 1. The van der Waals surface area contributed by atoms with Crippen molar-refractivity contribution in [3.63, 3.8) is 0 Å². The Morgan fingerprint density at radius 3 is 2.61 bits per heavy atom. The lowest BCUT2D eigenvalue weighted by Gasteiger charge is -2.31. The Labute approximate surface area is 165 Å². The summed E-state index contributed by atoms with van der Waals surface area (Å²) in [7, 11) is 0. The van der Waals surface area contributed by atoms with Gasteiger partial charge in [-0.1, -0.05) is 11.6 Å². The molecule has 1 unspecified atom stereocenters. The highest BCUT2D eigenvalue weighted by atomic mass is 35.5. The normalized spacial score (nSPS) is 23.0. The van der Waals surface area contributed by atoms with Gasteiger partial charge in [-0.05, 0) is 45.6 Å². The Balaban J connectivity index is 2.03. The monoisotopic (exact) mass is 422 g/mol. The van der Waals surface area contributed by atoms with Crippen LogP contribution in [0.15, 0.2) is 6.07 Å². The second-order valence-electron chi connectivity index (χ2n) is 8.15. The Morgan fingerprint density at radius 1 is 1.46 bits per heavy atom. The Hall–Kier alpha value is -1.74. The van der Waals surface area contributed by atoms with Gasteiger partial charge in [-0.2, -0.15) is 13.2 Å². The molecule has 1 fully saturated rings. The molecule has 28 heavy (non-hydrogen) atoms. The largest absolute Gasteiger partial charge is 0.487 e. The van der Waals surface area contributed by atoms with E-state index in [9.17, 15) is 23.1 Å². The first-order valence-electron chi connectivity index (χ1n) is 8.90. The van der Waals surface area contributed by atoms with Gasteiger partial charge in [0.15, 0.2) is 10.9 Å². The summed E-state index contributed by atoms with van der Waals surface area (Å²) in [6.45, 7) is 3.99. The number of carbonyl (C=O) groups is 1. The van der Waals surface area contributed by atoms with Gasteiger partial charge in [-0.25, -0.2) is 9.78 Å².